The van der Waals surface area contributed by atoms with Crippen LogP contribution in [0, 0.1) is 5.41 Å². The standard InChI is InChI=1S/C18H26N4OS/c1-5-18(6-2,12-19)14(23)20-16-22-21-15(24-16)17(3,4)13-10-8-7-9-11-13/h7-11H,5-6,12,19H2,1-4H3,(H,20,22,23). The van der Waals surface area contributed by atoms with Gasteiger partial charge >= 0.3 is 0 Å². The first-order valence-corrected chi connectivity index (χ1v) is 9.12. The molecule has 130 valence electrons. The van der Waals surface area contributed by atoms with E-state index in [-0.39, 0.29) is 11.3 Å². The van der Waals surface area contributed by atoms with E-state index < -0.39 is 5.41 Å². The van der Waals surface area contributed by atoms with Crippen LogP contribution in [0.1, 0.15) is 51.1 Å². The summed E-state index contributed by atoms with van der Waals surface area (Å²) in [5, 5.41) is 12.8. The molecule has 2 rings (SSSR count). The van der Waals surface area contributed by atoms with Crippen molar-refractivity contribution in [3.8, 4) is 0 Å². The first-order valence-electron chi connectivity index (χ1n) is 8.30. The van der Waals surface area contributed by atoms with Crippen LogP contribution in [0.5, 0.6) is 0 Å². The maximum Gasteiger partial charge on any atom is 0.233 e. The van der Waals surface area contributed by atoms with Crippen molar-refractivity contribution < 1.29 is 4.79 Å². The molecule has 0 bridgehead atoms. The predicted octanol–water partition coefficient (Wildman–Crippen LogP) is 3.57. The van der Waals surface area contributed by atoms with Gasteiger partial charge in [-0.25, -0.2) is 0 Å². The molecule has 0 atom stereocenters. The lowest BCUT2D eigenvalue weighted by molar-refractivity contribution is -0.125. The molecule has 0 fully saturated rings. The van der Waals surface area contributed by atoms with E-state index in [1.165, 1.54) is 11.3 Å². The Morgan fingerprint density at radius 3 is 2.33 bits per heavy atom. The Kier molecular flexibility index (Phi) is 5.72. The second-order valence-corrected chi connectivity index (χ2v) is 7.53. The van der Waals surface area contributed by atoms with Gasteiger partial charge in [-0.1, -0.05) is 55.5 Å². The molecule has 24 heavy (non-hydrogen) atoms. The van der Waals surface area contributed by atoms with E-state index in [4.69, 9.17) is 5.73 Å². The van der Waals surface area contributed by atoms with Crippen LogP contribution in [0.2, 0.25) is 0 Å². The molecule has 0 saturated heterocycles. The SMILES string of the molecule is CCC(CC)(CN)C(=O)Nc1nnc(C(C)(C)c2ccccc2)s1. The number of rotatable bonds is 7. The van der Waals surface area contributed by atoms with Crippen LogP contribution in [0.3, 0.4) is 0 Å². The molecule has 5 nitrogen and oxygen atoms in total. The minimum atomic E-state index is -0.541. The summed E-state index contributed by atoms with van der Waals surface area (Å²) in [6.07, 6.45) is 1.40. The Morgan fingerprint density at radius 1 is 1.17 bits per heavy atom. The number of benzene rings is 1. The summed E-state index contributed by atoms with van der Waals surface area (Å²) in [6.45, 7) is 8.51. The summed E-state index contributed by atoms with van der Waals surface area (Å²) in [7, 11) is 0. The van der Waals surface area contributed by atoms with Crippen molar-refractivity contribution in [2.45, 2.75) is 46.0 Å². The number of amides is 1. The number of hydrogen-bond donors (Lipinski definition) is 2. The minimum Gasteiger partial charge on any atom is -0.329 e. The van der Waals surface area contributed by atoms with Crippen molar-refractivity contribution in [1.29, 1.82) is 0 Å². The van der Waals surface area contributed by atoms with Gasteiger partial charge in [-0.15, -0.1) is 10.2 Å². The summed E-state index contributed by atoms with van der Waals surface area (Å²) >= 11 is 1.42. The molecule has 0 radical (unpaired) electrons. The predicted molar refractivity (Wildman–Crippen MR) is 99.2 cm³/mol. The number of carbonyl (C=O) groups excluding carboxylic acids is 1. The van der Waals surface area contributed by atoms with Crippen LogP contribution in [0.15, 0.2) is 30.3 Å². The van der Waals surface area contributed by atoms with Crippen molar-refractivity contribution in [1.82, 2.24) is 10.2 Å². The topological polar surface area (TPSA) is 80.9 Å². The zero-order chi connectivity index (χ0) is 17.8. The van der Waals surface area contributed by atoms with Crippen molar-refractivity contribution in [2.75, 3.05) is 11.9 Å². The Bertz CT molecular complexity index is 669. The zero-order valence-corrected chi connectivity index (χ0v) is 15.6. The highest BCUT2D eigenvalue weighted by atomic mass is 32.1. The highest BCUT2D eigenvalue weighted by molar-refractivity contribution is 7.15. The number of carbonyl (C=O) groups is 1. The summed E-state index contributed by atoms with van der Waals surface area (Å²) < 4.78 is 0. The first kappa shape index (κ1) is 18.5. The third-order valence-corrected chi connectivity index (χ3v) is 6.06. The average molecular weight is 346 g/mol. The van der Waals surface area contributed by atoms with Gasteiger partial charge in [0, 0.05) is 12.0 Å². The fraction of sp³-hybridized carbons (Fsp3) is 0.500. The fourth-order valence-electron chi connectivity index (χ4n) is 2.69. The normalized spacial score (nSPS) is 12.2. The van der Waals surface area contributed by atoms with Gasteiger partial charge in [0.05, 0.1) is 5.41 Å². The van der Waals surface area contributed by atoms with Crippen LogP contribution in [-0.2, 0) is 10.2 Å². The Labute approximate surface area is 147 Å². The maximum atomic E-state index is 12.6. The second kappa shape index (κ2) is 7.40. The van der Waals surface area contributed by atoms with Gasteiger partial charge in [-0.2, -0.15) is 0 Å². The van der Waals surface area contributed by atoms with Crippen LogP contribution in [-0.4, -0.2) is 22.6 Å². The molecule has 0 aliphatic carbocycles. The van der Waals surface area contributed by atoms with Gasteiger partial charge in [0.15, 0.2) is 0 Å². The van der Waals surface area contributed by atoms with Crippen molar-refractivity contribution >= 4 is 22.4 Å². The quantitative estimate of drug-likeness (QED) is 0.803. The van der Waals surface area contributed by atoms with Gasteiger partial charge in [0.25, 0.3) is 0 Å². The summed E-state index contributed by atoms with van der Waals surface area (Å²) in [6, 6.07) is 10.2. The lowest BCUT2D eigenvalue weighted by Gasteiger charge is -2.27. The van der Waals surface area contributed by atoms with Crippen molar-refractivity contribution in [2.24, 2.45) is 11.1 Å². The zero-order valence-electron chi connectivity index (χ0n) is 14.8. The lowest BCUT2D eigenvalue weighted by Crippen LogP contribution is -2.41. The molecular weight excluding hydrogens is 320 g/mol. The van der Waals surface area contributed by atoms with Crippen LogP contribution < -0.4 is 11.1 Å². The molecule has 1 aromatic heterocycles. The van der Waals surface area contributed by atoms with E-state index in [0.29, 0.717) is 24.5 Å². The molecule has 3 N–H and O–H groups in total. The van der Waals surface area contributed by atoms with Gasteiger partial charge in [0.2, 0.25) is 11.0 Å². The third-order valence-electron chi connectivity index (χ3n) is 4.90. The molecule has 1 heterocycles. The van der Waals surface area contributed by atoms with E-state index in [1.54, 1.807) is 0 Å². The van der Waals surface area contributed by atoms with E-state index in [2.05, 4.69) is 41.5 Å². The van der Waals surface area contributed by atoms with Gasteiger partial charge in [0.1, 0.15) is 5.01 Å². The van der Waals surface area contributed by atoms with Crippen molar-refractivity contribution in [3.63, 3.8) is 0 Å². The third kappa shape index (κ3) is 3.49. The molecule has 0 unspecified atom stereocenters. The van der Waals surface area contributed by atoms with Crippen LogP contribution in [0.4, 0.5) is 5.13 Å². The molecule has 6 heteroatoms. The molecule has 1 amide bonds. The Hall–Kier alpha value is -1.79. The van der Waals surface area contributed by atoms with Crippen molar-refractivity contribution in [3.05, 3.63) is 40.9 Å². The van der Waals surface area contributed by atoms with Gasteiger partial charge < -0.3 is 5.73 Å². The number of nitrogens with zero attached hydrogens (tertiary/aromatic N) is 2. The lowest BCUT2D eigenvalue weighted by atomic mass is 9.81. The number of nitrogens with two attached hydrogens (primary N) is 1. The summed E-state index contributed by atoms with van der Waals surface area (Å²) in [5.74, 6) is -0.0739. The van der Waals surface area contributed by atoms with E-state index in [9.17, 15) is 4.79 Å². The molecule has 0 aliphatic heterocycles. The number of anilines is 1. The summed E-state index contributed by atoms with van der Waals surface area (Å²) in [5.41, 5.74) is 6.20. The van der Waals surface area contributed by atoms with E-state index in [1.807, 2.05) is 32.0 Å². The monoisotopic (exact) mass is 346 g/mol. The molecular formula is C18H26N4OS. The first-order chi connectivity index (χ1) is 11.4. The smallest absolute Gasteiger partial charge is 0.233 e. The second-order valence-electron chi connectivity index (χ2n) is 6.55. The highest BCUT2D eigenvalue weighted by Gasteiger charge is 2.34. The largest absolute Gasteiger partial charge is 0.329 e. The van der Waals surface area contributed by atoms with Crippen LogP contribution >= 0.6 is 11.3 Å². The van der Waals surface area contributed by atoms with Crippen LogP contribution in [0.25, 0.3) is 0 Å². The van der Waals surface area contributed by atoms with E-state index >= 15 is 0 Å². The Morgan fingerprint density at radius 2 is 1.79 bits per heavy atom. The molecule has 1 aromatic carbocycles. The average Bonchev–Trinajstić information content (AvgIpc) is 3.07. The number of hydrogen-bond acceptors (Lipinski definition) is 5. The minimum absolute atomic E-state index is 0.0739. The Balaban J connectivity index is 2.21. The maximum absolute atomic E-state index is 12.6. The van der Waals surface area contributed by atoms with Gasteiger partial charge in [-0.3, -0.25) is 10.1 Å². The highest BCUT2D eigenvalue weighted by Crippen LogP contribution is 2.35. The number of aromatic nitrogens is 2. The summed E-state index contributed by atoms with van der Waals surface area (Å²) in [4.78, 5) is 12.6. The molecule has 0 spiro atoms. The number of nitrogens with one attached hydrogen (secondary N) is 1. The fourth-order valence-corrected chi connectivity index (χ4v) is 3.55. The molecule has 0 aliphatic rings. The van der Waals surface area contributed by atoms with Gasteiger partial charge in [-0.05, 0) is 32.3 Å². The van der Waals surface area contributed by atoms with E-state index in [0.717, 1.165) is 10.6 Å². The molecule has 0 saturated carbocycles. The molecule has 2 aromatic rings.